The highest BCUT2D eigenvalue weighted by molar-refractivity contribution is 6.31. The van der Waals surface area contributed by atoms with Gasteiger partial charge >= 0.3 is 0 Å². The lowest BCUT2D eigenvalue weighted by atomic mass is 10.1. The number of halogens is 1. The highest BCUT2D eigenvalue weighted by atomic mass is 35.5. The maximum Gasteiger partial charge on any atom is 0.122 e. The minimum absolute atomic E-state index is 0.0663. The molecule has 3 nitrogen and oxygen atoms in total. The van der Waals surface area contributed by atoms with Gasteiger partial charge in [0.2, 0.25) is 0 Å². The number of likely N-dealkylation sites (tertiary alicyclic amines) is 1. The number of hydrogen-bond donors (Lipinski definition) is 2. The van der Waals surface area contributed by atoms with E-state index in [4.69, 9.17) is 22.7 Å². The van der Waals surface area contributed by atoms with E-state index >= 15 is 0 Å². The molecule has 1 aliphatic rings. The molecular weight excluding hydrogens is 258 g/mol. The van der Waals surface area contributed by atoms with Crippen LogP contribution in [-0.2, 0) is 6.54 Å². The van der Waals surface area contributed by atoms with Crippen LogP contribution < -0.4 is 5.73 Å². The molecule has 0 spiro atoms. The van der Waals surface area contributed by atoms with Crippen molar-refractivity contribution in [1.82, 2.24) is 4.90 Å². The number of amidine groups is 1. The highest BCUT2D eigenvalue weighted by Crippen LogP contribution is 2.23. The summed E-state index contributed by atoms with van der Waals surface area (Å²) in [6.07, 6.45) is 5.20. The van der Waals surface area contributed by atoms with E-state index in [2.05, 4.69) is 11.8 Å². The molecule has 1 heterocycles. The summed E-state index contributed by atoms with van der Waals surface area (Å²) in [6, 6.07) is 6.29. The third-order valence-corrected chi connectivity index (χ3v) is 4.28. The number of nitrogens with two attached hydrogens (primary N) is 1. The molecule has 0 bridgehead atoms. The Kier molecular flexibility index (Phi) is 4.83. The average molecular weight is 280 g/mol. The standard InChI is InChI=1S/C15H22ClN3/c1-11-5-3-2-4-8-19(11)10-13-7-6-12(15(17)18)9-14(13)16/h6-7,9,11H,2-5,8,10H2,1H3,(H3,17,18). The van der Waals surface area contributed by atoms with Crippen molar-refractivity contribution in [2.45, 2.75) is 45.2 Å². The first-order chi connectivity index (χ1) is 9.08. The van der Waals surface area contributed by atoms with Crippen molar-refractivity contribution >= 4 is 17.4 Å². The molecule has 1 saturated heterocycles. The zero-order chi connectivity index (χ0) is 13.8. The van der Waals surface area contributed by atoms with Crippen LogP contribution in [0, 0.1) is 5.41 Å². The molecule has 3 N–H and O–H groups in total. The number of nitrogens with zero attached hydrogens (tertiary/aromatic N) is 1. The van der Waals surface area contributed by atoms with Crippen molar-refractivity contribution in [2.24, 2.45) is 5.73 Å². The van der Waals surface area contributed by atoms with Crippen LogP contribution in [0.1, 0.15) is 43.7 Å². The average Bonchev–Trinajstić information content (AvgIpc) is 2.57. The Morgan fingerprint density at radius 1 is 1.42 bits per heavy atom. The van der Waals surface area contributed by atoms with Crippen LogP contribution in [0.2, 0.25) is 5.02 Å². The maximum absolute atomic E-state index is 7.43. The summed E-state index contributed by atoms with van der Waals surface area (Å²) < 4.78 is 0. The Morgan fingerprint density at radius 2 is 2.21 bits per heavy atom. The van der Waals surface area contributed by atoms with Crippen LogP contribution in [-0.4, -0.2) is 23.3 Å². The molecule has 104 valence electrons. The van der Waals surface area contributed by atoms with Crippen LogP contribution in [0.15, 0.2) is 18.2 Å². The van der Waals surface area contributed by atoms with E-state index in [9.17, 15) is 0 Å². The van der Waals surface area contributed by atoms with Gasteiger partial charge in [-0.1, -0.05) is 36.6 Å². The van der Waals surface area contributed by atoms with Gasteiger partial charge in [-0.2, -0.15) is 0 Å². The summed E-state index contributed by atoms with van der Waals surface area (Å²) in [5.41, 5.74) is 7.29. The summed E-state index contributed by atoms with van der Waals surface area (Å²) in [4.78, 5) is 2.50. The lowest BCUT2D eigenvalue weighted by Gasteiger charge is -2.27. The molecule has 1 aliphatic heterocycles. The SMILES string of the molecule is CC1CCCCCN1Cc1ccc(C(=N)N)cc1Cl. The van der Waals surface area contributed by atoms with E-state index in [-0.39, 0.29) is 5.84 Å². The molecular formula is C15H22ClN3. The molecule has 0 radical (unpaired) electrons. The summed E-state index contributed by atoms with van der Waals surface area (Å²) in [7, 11) is 0. The van der Waals surface area contributed by atoms with E-state index in [1.165, 1.54) is 25.7 Å². The highest BCUT2D eigenvalue weighted by Gasteiger charge is 2.18. The van der Waals surface area contributed by atoms with Crippen molar-refractivity contribution in [3.63, 3.8) is 0 Å². The Hall–Kier alpha value is -1.06. The third kappa shape index (κ3) is 3.71. The van der Waals surface area contributed by atoms with Crippen LogP contribution in [0.4, 0.5) is 0 Å². The second-order valence-corrected chi connectivity index (χ2v) is 5.80. The molecule has 1 fully saturated rings. The molecule has 1 aromatic rings. The molecule has 1 aromatic carbocycles. The van der Waals surface area contributed by atoms with E-state index in [0.29, 0.717) is 16.6 Å². The molecule has 0 saturated carbocycles. The predicted octanol–water partition coefficient (Wildman–Crippen LogP) is 3.39. The van der Waals surface area contributed by atoms with Gasteiger partial charge in [-0.3, -0.25) is 10.3 Å². The molecule has 2 rings (SSSR count). The number of benzene rings is 1. The largest absolute Gasteiger partial charge is 0.384 e. The fourth-order valence-electron chi connectivity index (χ4n) is 2.63. The van der Waals surface area contributed by atoms with E-state index in [1.54, 1.807) is 6.07 Å². The predicted molar refractivity (Wildman–Crippen MR) is 80.8 cm³/mol. The van der Waals surface area contributed by atoms with Crippen molar-refractivity contribution in [3.05, 3.63) is 34.3 Å². The first-order valence-corrected chi connectivity index (χ1v) is 7.32. The van der Waals surface area contributed by atoms with Crippen LogP contribution in [0.3, 0.4) is 0 Å². The zero-order valence-electron chi connectivity index (χ0n) is 11.5. The van der Waals surface area contributed by atoms with Gasteiger partial charge in [-0.25, -0.2) is 0 Å². The zero-order valence-corrected chi connectivity index (χ0v) is 12.2. The maximum atomic E-state index is 7.43. The Morgan fingerprint density at radius 3 is 2.89 bits per heavy atom. The molecule has 4 heteroatoms. The van der Waals surface area contributed by atoms with Crippen molar-refractivity contribution in [2.75, 3.05) is 6.54 Å². The van der Waals surface area contributed by atoms with E-state index in [1.807, 2.05) is 12.1 Å². The fraction of sp³-hybridized carbons (Fsp3) is 0.533. The van der Waals surface area contributed by atoms with Gasteiger partial charge in [0.15, 0.2) is 0 Å². The number of nitrogens with one attached hydrogen (secondary N) is 1. The first kappa shape index (κ1) is 14.4. The van der Waals surface area contributed by atoms with Crippen molar-refractivity contribution in [1.29, 1.82) is 5.41 Å². The van der Waals surface area contributed by atoms with Crippen molar-refractivity contribution < 1.29 is 0 Å². The monoisotopic (exact) mass is 279 g/mol. The van der Waals surface area contributed by atoms with Gasteiger partial charge in [0.25, 0.3) is 0 Å². The summed E-state index contributed by atoms with van der Waals surface area (Å²) >= 11 is 6.30. The summed E-state index contributed by atoms with van der Waals surface area (Å²) in [5.74, 6) is 0.0663. The van der Waals surface area contributed by atoms with Gasteiger partial charge < -0.3 is 5.73 Å². The molecule has 19 heavy (non-hydrogen) atoms. The molecule has 0 aliphatic carbocycles. The van der Waals surface area contributed by atoms with Gasteiger partial charge in [0, 0.05) is 23.2 Å². The molecule has 1 unspecified atom stereocenters. The number of rotatable bonds is 3. The smallest absolute Gasteiger partial charge is 0.122 e. The van der Waals surface area contributed by atoms with Gasteiger partial charge in [0.1, 0.15) is 5.84 Å². The van der Waals surface area contributed by atoms with E-state index < -0.39 is 0 Å². The molecule has 0 aromatic heterocycles. The Labute approximate surface area is 120 Å². The van der Waals surface area contributed by atoms with Gasteiger partial charge in [-0.15, -0.1) is 0 Å². The van der Waals surface area contributed by atoms with Gasteiger partial charge in [-0.05, 0) is 37.9 Å². The third-order valence-electron chi connectivity index (χ3n) is 3.93. The minimum Gasteiger partial charge on any atom is -0.384 e. The Balaban J connectivity index is 2.11. The minimum atomic E-state index is 0.0663. The van der Waals surface area contributed by atoms with Crippen LogP contribution >= 0.6 is 11.6 Å². The van der Waals surface area contributed by atoms with Crippen LogP contribution in [0.5, 0.6) is 0 Å². The van der Waals surface area contributed by atoms with Gasteiger partial charge in [0.05, 0.1) is 0 Å². The molecule has 1 atom stereocenters. The molecule has 0 amide bonds. The number of hydrogen-bond acceptors (Lipinski definition) is 2. The first-order valence-electron chi connectivity index (χ1n) is 6.95. The fourth-order valence-corrected chi connectivity index (χ4v) is 2.87. The lowest BCUT2D eigenvalue weighted by molar-refractivity contribution is 0.205. The van der Waals surface area contributed by atoms with Crippen molar-refractivity contribution in [3.8, 4) is 0 Å². The lowest BCUT2D eigenvalue weighted by Crippen LogP contribution is -2.32. The van der Waals surface area contributed by atoms with E-state index in [0.717, 1.165) is 18.7 Å². The summed E-state index contributed by atoms with van der Waals surface area (Å²) in [6.45, 7) is 4.33. The normalized spacial score (nSPS) is 21.1. The number of nitrogen functional groups attached to an aromatic ring is 1. The topological polar surface area (TPSA) is 53.1 Å². The quantitative estimate of drug-likeness (QED) is 0.658. The Bertz CT molecular complexity index is 459. The summed E-state index contributed by atoms with van der Waals surface area (Å²) in [5, 5.41) is 8.14. The second-order valence-electron chi connectivity index (χ2n) is 5.39. The van der Waals surface area contributed by atoms with Crippen LogP contribution in [0.25, 0.3) is 0 Å². The second kappa shape index (κ2) is 6.40.